The molecule has 0 aliphatic rings. The fourth-order valence-corrected chi connectivity index (χ4v) is 1.89. The van der Waals surface area contributed by atoms with Gasteiger partial charge in [0.25, 0.3) is 5.91 Å². The van der Waals surface area contributed by atoms with Crippen molar-refractivity contribution in [3.63, 3.8) is 0 Å². The Morgan fingerprint density at radius 3 is 2.29 bits per heavy atom. The number of anilines is 1. The molecule has 0 aliphatic carbocycles. The highest BCUT2D eigenvalue weighted by atomic mass is 16.5. The molecule has 2 aromatic rings. The van der Waals surface area contributed by atoms with E-state index in [9.17, 15) is 14.7 Å². The van der Waals surface area contributed by atoms with Crippen molar-refractivity contribution in [1.29, 1.82) is 5.26 Å². The van der Waals surface area contributed by atoms with Crippen LogP contribution in [0.15, 0.2) is 54.1 Å². The van der Waals surface area contributed by atoms with Gasteiger partial charge in [-0.15, -0.1) is 0 Å². The minimum atomic E-state index is -0.569. The van der Waals surface area contributed by atoms with E-state index >= 15 is 0 Å². The number of nitriles is 1. The molecule has 2 N–H and O–H groups in total. The third-order valence-corrected chi connectivity index (χ3v) is 3.13. The minimum absolute atomic E-state index is 0.0785. The first-order valence-corrected chi connectivity index (χ1v) is 6.94. The second kappa shape index (κ2) is 7.61. The number of nitrogens with one attached hydrogen (secondary N) is 1. The van der Waals surface area contributed by atoms with Crippen molar-refractivity contribution in [3.8, 4) is 11.8 Å². The molecule has 0 spiro atoms. The summed E-state index contributed by atoms with van der Waals surface area (Å²) in [6.07, 6.45) is 1.41. The largest absolute Gasteiger partial charge is 0.508 e. The lowest BCUT2D eigenvalue weighted by atomic mass is 10.1. The predicted molar refractivity (Wildman–Crippen MR) is 88.1 cm³/mol. The molecule has 0 saturated carbocycles. The van der Waals surface area contributed by atoms with Crippen LogP contribution in [0.2, 0.25) is 0 Å². The van der Waals surface area contributed by atoms with Gasteiger partial charge in [-0.2, -0.15) is 5.26 Å². The Kier molecular flexibility index (Phi) is 5.32. The standard InChI is InChI=1S/C18H14N2O4/c1-24-18(23)13-4-2-12(3-5-13)10-14(11-19)17(22)20-15-6-8-16(21)9-7-15/h2-10,21H,1H3,(H,20,22). The Hall–Kier alpha value is -3.59. The highest BCUT2D eigenvalue weighted by Crippen LogP contribution is 2.15. The monoisotopic (exact) mass is 322 g/mol. The lowest BCUT2D eigenvalue weighted by Crippen LogP contribution is -2.13. The number of carbonyl (C=O) groups excluding carboxylic acids is 2. The van der Waals surface area contributed by atoms with Crippen LogP contribution in [0.4, 0.5) is 5.69 Å². The summed E-state index contributed by atoms with van der Waals surface area (Å²) in [6, 6.07) is 14.0. The van der Waals surface area contributed by atoms with E-state index in [1.54, 1.807) is 24.3 Å². The van der Waals surface area contributed by atoms with E-state index in [0.717, 1.165) is 0 Å². The zero-order valence-electron chi connectivity index (χ0n) is 12.8. The Balaban J connectivity index is 2.16. The molecule has 0 bridgehead atoms. The van der Waals surface area contributed by atoms with Gasteiger partial charge in [0.15, 0.2) is 0 Å². The Bertz CT molecular complexity index is 816. The topological polar surface area (TPSA) is 99.4 Å². The van der Waals surface area contributed by atoms with Gasteiger partial charge in [0.05, 0.1) is 12.7 Å². The van der Waals surface area contributed by atoms with Gasteiger partial charge in [0.1, 0.15) is 17.4 Å². The number of nitrogens with zero attached hydrogens (tertiary/aromatic N) is 1. The summed E-state index contributed by atoms with van der Waals surface area (Å²) < 4.78 is 4.60. The maximum absolute atomic E-state index is 12.1. The second-order valence-corrected chi connectivity index (χ2v) is 4.78. The second-order valence-electron chi connectivity index (χ2n) is 4.78. The van der Waals surface area contributed by atoms with E-state index in [-0.39, 0.29) is 11.3 Å². The number of methoxy groups -OCH3 is 1. The first kappa shape index (κ1) is 16.8. The van der Waals surface area contributed by atoms with Crippen LogP contribution < -0.4 is 5.32 Å². The van der Waals surface area contributed by atoms with Crippen molar-refractivity contribution in [2.75, 3.05) is 12.4 Å². The summed E-state index contributed by atoms with van der Waals surface area (Å²) in [7, 11) is 1.29. The van der Waals surface area contributed by atoms with Gasteiger partial charge in [-0.25, -0.2) is 4.79 Å². The SMILES string of the molecule is COC(=O)c1ccc(C=C(C#N)C(=O)Nc2ccc(O)cc2)cc1. The van der Waals surface area contributed by atoms with Gasteiger partial charge in [0, 0.05) is 5.69 Å². The molecule has 0 heterocycles. The summed E-state index contributed by atoms with van der Waals surface area (Å²) >= 11 is 0. The van der Waals surface area contributed by atoms with Gasteiger partial charge in [0.2, 0.25) is 0 Å². The smallest absolute Gasteiger partial charge is 0.337 e. The van der Waals surface area contributed by atoms with Crippen LogP contribution >= 0.6 is 0 Å². The quantitative estimate of drug-likeness (QED) is 0.390. The number of phenols is 1. The number of esters is 1. The summed E-state index contributed by atoms with van der Waals surface area (Å²) in [5, 5.41) is 20.9. The highest BCUT2D eigenvalue weighted by molar-refractivity contribution is 6.09. The molecule has 0 unspecified atom stereocenters. The number of hydrogen-bond acceptors (Lipinski definition) is 5. The molecule has 2 rings (SSSR count). The van der Waals surface area contributed by atoms with Crippen LogP contribution in [-0.2, 0) is 9.53 Å². The zero-order chi connectivity index (χ0) is 17.5. The Labute approximate surface area is 138 Å². The molecular formula is C18H14N2O4. The van der Waals surface area contributed by atoms with Gasteiger partial charge >= 0.3 is 5.97 Å². The molecule has 6 heteroatoms. The van der Waals surface area contributed by atoms with Crippen LogP contribution in [0.25, 0.3) is 6.08 Å². The van der Waals surface area contributed by atoms with E-state index in [1.165, 1.54) is 37.5 Å². The molecule has 120 valence electrons. The maximum Gasteiger partial charge on any atom is 0.337 e. The normalized spacial score (nSPS) is 10.6. The fourth-order valence-electron chi connectivity index (χ4n) is 1.89. The van der Waals surface area contributed by atoms with Crippen molar-refractivity contribution < 1.29 is 19.4 Å². The molecule has 0 saturated heterocycles. The van der Waals surface area contributed by atoms with Crippen molar-refractivity contribution in [1.82, 2.24) is 0 Å². The lowest BCUT2D eigenvalue weighted by molar-refractivity contribution is -0.112. The molecule has 0 aliphatic heterocycles. The summed E-state index contributed by atoms with van der Waals surface area (Å²) in [5.41, 5.74) is 1.34. The zero-order valence-corrected chi connectivity index (χ0v) is 12.8. The van der Waals surface area contributed by atoms with Gasteiger partial charge in [-0.05, 0) is 48.0 Å². The van der Waals surface area contributed by atoms with Crippen molar-refractivity contribution in [2.24, 2.45) is 0 Å². The number of benzene rings is 2. The van der Waals surface area contributed by atoms with Crippen molar-refractivity contribution in [3.05, 3.63) is 65.2 Å². The van der Waals surface area contributed by atoms with Gasteiger partial charge in [-0.3, -0.25) is 4.79 Å². The average Bonchev–Trinajstić information content (AvgIpc) is 2.61. The molecule has 2 aromatic carbocycles. The van der Waals surface area contributed by atoms with Gasteiger partial charge < -0.3 is 15.2 Å². The number of rotatable bonds is 4. The summed E-state index contributed by atoms with van der Waals surface area (Å²) in [5.74, 6) is -0.953. The van der Waals surface area contributed by atoms with Crippen molar-refractivity contribution >= 4 is 23.6 Å². The Morgan fingerprint density at radius 1 is 1.12 bits per heavy atom. The van der Waals surface area contributed by atoms with Crippen LogP contribution in [-0.4, -0.2) is 24.1 Å². The first-order valence-electron chi connectivity index (χ1n) is 6.94. The van der Waals surface area contributed by atoms with E-state index in [4.69, 9.17) is 5.26 Å². The maximum atomic E-state index is 12.1. The van der Waals surface area contributed by atoms with E-state index in [2.05, 4.69) is 10.1 Å². The highest BCUT2D eigenvalue weighted by Gasteiger charge is 2.10. The number of aromatic hydroxyl groups is 1. The minimum Gasteiger partial charge on any atom is -0.508 e. The fraction of sp³-hybridized carbons (Fsp3) is 0.0556. The van der Waals surface area contributed by atoms with Crippen LogP contribution in [0.5, 0.6) is 5.75 Å². The van der Waals surface area contributed by atoms with Gasteiger partial charge in [-0.1, -0.05) is 12.1 Å². The molecule has 24 heavy (non-hydrogen) atoms. The number of amides is 1. The first-order chi connectivity index (χ1) is 11.5. The Morgan fingerprint density at radius 2 is 1.75 bits per heavy atom. The molecule has 0 radical (unpaired) electrons. The third kappa shape index (κ3) is 4.21. The molecule has 6 nitrogen and oxygen atoms in total. The van der Waals surface area contributed by atoms with Crippen LogP contribution in [0.1, 0.15) is 15.9 Å². The number of ether oxygens (including phenoxy) is 1. The summed E-state index contributed by atoms with van der Waals surface area (Å²) in [4.78, 5) is 23.5. The third-order valence-electron chi connectivity index (χ3n) is 3.13. The van der Waals surface area contributed by atoms with E-state index < -0.39 is 11.9 Å². The van der Waals surface area contributed by atoms with Crippen molar-refractivity contribution in [2.45, 2.75) is 0 Å². The number of carbonyl (C=O) groups is 2. The predicted octanol–water partition coefficient (Wildman–Crippen LogP) is 2.72. The number of hydrogen-bond donors (Lipinski definition) is 2. The van der Waals surface area contributed by atoms with Crippen LogP contribution in [0, 0.1) is 11.3 Å². The lowest BCUT2D eigenvalue weighted by Gasteiger charge is -2.04. The molecule has 0 fully saturated rings. The van der Waals surface area contributed by atoms with Crippen LogP contribution in [0.3, 0.4) is 0 Å². The molecule has 0 atom stereocenters. The molecule has 1 amide bonds. The van der Waals surface area contributed by atoms with E-state index in [1.807, 2.05) is 6.07 Å². The molecular weight excluding hydrogens is 308 g/mol. The summed E-state index contributed by atoms with van der Waals surface area (Å²) in [6.45, 7) is 0. The van der Waals surface area contributed by atoms with E-state index in [0.29, 0.717) is 16.8 Å². The average molecular weight is 322 g/mol. The number of phenolic OH excluding ortho intramolecular Hbond substituents is 1. The molecule has 0 aromatic heterocycles.